The highest BCUT2D eigenvalue weighted by atomic mass is 35.5. The minimum absolute atomic E-state index is 0.0171. The highest BCUT2D eigenvalue weighted by Crippen LogP contribution is 2.23. The summed E-state index contributed by atoms with van der Waals surface area (Å²) in [6, 6.07) is 14.0. The number of amides is 1. The predicted octanol–water partition coefficient (Wildman–Crippen LogP) is 4.03. The Morgan fingerprint density at radius 3 is 2.62 bits per heavy atom. The molecule has 1 aliphatic rings. The molecule has 0 unspecified atom stereocenters. The number of nitrogens with one attached hydrogen (secondary N) is 1. The Labute approximate surface area is 190 Å². The molecule has 0 aliphatic carbocycles. The van der Waals surface area contributed by atoms with Crippen LogP contribution in [0.4, 0.5) is 5.69 Å². The van der Waals surface area contributed by atoms with Crippen molar-refractivity contribution in [3.05, 3.63) is 65.0 Å². The van der Waals surface area contributed by atoms with Gasteiger partial charge in [0.15, 0.2) is 0 Å². The lowest BCUT2D eigenvalue weighted by atomic mass is 9.96. The summed E-state index contributed by atoms with van der Waals surface area (Å²) in [7, 11) is 1.33. The number of carbonyl (C=O) groups is 2. The number of anilines is 1. The maximum absolute atomic E-state index is 12.6. The van der Waals surface area contributed by atoms with E-state index in [-0.39, 0.29) is 11.8 Å². The standard InChI is InChI=1S/C23H23ClN4O4/c1-31-23(30)16-5-7-19(8-6-16)25-22(29)15-9-11-28(12-10-15)14-20-26-21(27-32-20)17-3-2-4-18(24)13-17/h2-8,13,15H,9-12,14H2,1H3,(H,25,29). The predicted molar refractivity (Wildman–Crippen MR) is 119 cm³/mol. The monoisotopic (exact) mass is 454 g/mol. The number of halogens is 1. The Balaban J connectivity index is 1.27. The first-order chi connectivity index (χ1) is 15.5. The number of hydrogen-bond acceptors (Lipinski definition) is 7. The molecule has 8 nitrogen and oxygen atoms in total. The summed E-state index contributed by atoms with van der Waals surface area (Å²) in [6.07, 6.45) is 1.47. The topological polar surface area (TPSA) is 97.6 Å². The zero-order valence-electron chi connectivity index (χ0n) is 17.6. The Kier molecular flexibility index (Phi) is 6.82. The van der Waals surface area contributed by atoms with Gasteiger partial charge in [-0.15, -0.1) is 0 Å². The smallest absolute Gasteiger partial charge is 0.337 e. The molecule has 1 N–H and O–H groups in total. The van der Waals surface area contributed by atoms with E-state index in [2.05, 4.69) is 25.1 Å². The average molecular weight is 455 g/mol. The van der Waals surface area contributed by atoms with Crippen molar-refractivity contribution in [2.45, 2.75) is 19.4 Å². The summed E-state index contributed by atoms with van der Waals surface area (Å²) >= 11 is 6.03. The van der Waals surface area contributed by atoms with Crippen LogP contribution in [0.2, 0.25) is 5.02 Å². The number of rotatable bonds is 6. The van der Waals surface area contributed by atoms with Gasteiger partial charge in [0, 0.05) is 22.2 Å². The molecule has 1 fully saturated rings. The van der Waals surface area contributed by atoms with Crippen molar-refractivity contribution < 1.29 is 18.8 Å². The third-order valence-corrected chi connectivity index (χ3v) is 5.68. The van der Waals surface area contributed by atoms with Crippen LogP contribution in [0.25, 0.3) is 11.4 Å². The Bertz CT molecular complexity index is 1090. The fourth-order valence-electron chi connectivity index (χ4n) is 3.66. The molecular weight excluding hydrogens is 432 g/mol. The van der Waals surface area contributed by atoms with Crippen LogP contribution in [0.3, 0.4) is 0 Å². The lowest BCUT2D eigenvalue weighted by Gasteiger charge is -2.30. The van der Waals surface area contributed by atoms with E-state index in [1.54, 1.807) is 36.4 Å². The molecule has 0 saturated carbocycles. The van der Waals surface area contributed by atoms with Crippen molar-refractivity contribution in [1.29, 1.82) is 0 Å². The van der Waals surface area contributed by atoms with Crippen LogP contribution in [0.15, 0.2) is 53.1 Å². The average Bonchev–Trinajstić information content (AvgIpc) is 3.28. The largest absolute Gasteiger partial charge is 0.465 e. The first-order valence-electron chi connectivity index (χ1n) is 10.3. The molecular formula is C23H23ClN4O4. The van der Waals surface area contributed by atoms with E-state index in [0.29, 0.717) is 34.5 Å². The van der Waals surface area contributed by atoms with Gasteiger partial charge in [-0.2, -0.15) is 4.98 Å². The molecule has 1 saturated heterocycles. The van der Waals surface area contributed by atoms with Gasteiger partial charge < -0.3 is 14.6 Å². The molecule has 3 aromatic rings. The summed E-state index contributed by atoms with van der Waals surface area (Å²) in [5.74, 6) is 0.549. The van der Waals surface area contributed by atoms with Gasteiger partial charge in [0.1, 0.15) is 0 Å². The number of carbonyl (C=O) groups excluding carboxylic acids is 2. The fraction of sp³-hybridized carbons (Fsp3) is 0.304. The fourth-order valence-corrected chi connectivity index (χ4v) is 3.85. The van der Waals surface area contributed by atoms with Gasteiger partial charge in [0.05, 0.1) is 19.2 Å². The molecule has 1 aromatic heterocycles. The van der Waals surface area contributed by atoms with Crippen molar-refractivity contribution in [3.63, 3.8) is 0 Å². The third-order valence-electron chi connectivity index (χ3n) is 5.44. The quantitative estimate of drug-likeness (QED) is 0.561. The van der Waals surface area contributed by atoms with Gasteiger partial charge >= 0.3 is 5.97 Å². The zero-order valence-corrected chi connectivity index (χ0v) is 18.3. The van der Waals surface area contributed by atoms with Gasteiger partial charge in [0.2, 0.25) is 17.6 Å². The van der Waals surface area contributed by atoms with Gasteiger partial charge in [-0.1, -0.05) is 28.9 Å². The highest BCUT2D eigenvalue weighted by molar-refractivity contribution is 6.30. The maximum Gasteiger partial charge on any atom is 0.337 e. The van der Waals surface area contributed by atoms with Gasteiger partial charge in [0.25, 0.3) is 0 Å². The summed E-state index contributed by atoms with van der Waals surface area (Å²) < 4.78 is 10.1. The molecule has 9 heteroatoms. The van der Waals surface area contributed by atoms with Gasteiger partial charge in [-0.05, 0) is 62.3 Å². The second-order valence-corrected chi connectivity index (χ2v) is 8.07. The second kappa shape index (κ2) is 9.93. The van der Waals surface area contributed by atoms with Crippen LogP contribution < -0.4 is 5.32 Å². The van der Waals surface area contributed by atoms with Crippen molar-refractivity contribution in [1.82, 2.24) is 15.0 Å². The number of ether oxygens (including phenoxy) is 1. The van der Waals surface area contributed by atoms with Crippen molar-refractivity contribution in [3.8, 4) is 11.4 Å². The molecule has 1 aliphatic heterocycles. The third kappa shape index (κ3) is 5.33. The number of benzene rings is 2. The molecule has 32 heavy (non-hydrogen) atoms. The summed E-state index contributed by atoms with van der Waals surface area (Å²) in [5, 5.41) is 7.59. The number of nitrogens with zero attached hydrogens (tertiary/aromatic N) is 3. The van der Waals surface area contributed by atoms with E-state index in [9.17, 15) is 9.59 Å². The number of piperidine rings is 1. The van der Waals surface area contributed by atoms with E-state index in [1.807, 2.05) is 12.1 Å². The number of aromatic nitrogens is 2. The van der Waals surface area contributed by atoms with Crippen LogP contribution in [0.1, 0.15) is 29.1 Å². The summed E-state index contributed by atoms with van der Waals surface area (Å²) in [5.41, 5.74) is 1.91. The first-order valence-corrected chi connectivity index (χ1v) is 10.7. The molecule has 0 atom stereocenters. The van der Waals surface area contributed by atoms with E-state index in [4.69, 9.17) is 16.1 Å². The van der Waals surface area contributed by atoms with E-state index in [1.165, 1.54) is 7.11 Å². The number of likely N-dealkylation sites (tertiary alicyclic amines) is 1. The SMILES string of the molecule is COC(=O)c1ccc(NC(=O)C2CCN(Cc3nc(-c4cccc(Cl)c4)no3)CC2)cc1. The van der Waals surface area contributed by atoms with Crippen molar-refractivity contribution in [2.24, 2.45) is 5.92 Å². The number of hydrogen-bond donors (Lipinski definition) is 1. The summed E-state index contributed by atoms with van der Waals surface area (Å²) in [4.78, 5) is 30.8. The molecule has 0 spiro atoms. The molecule has 2 aromatic carbocycles. The van der Waals surface area contributed by atoms with Crippen LogP contribution in [-0.2, 0) is 16.1 Å². The Morgan fingerprint density at radius 2 is 1.94 bits per heavy atom. The lowest BCUT2D eigenvalue weighted by molar-refractivity contribution is -0.121. The maximum atomic E-state index is 12.6. The molecule has 2 heterocycles. The van der Waals surface area contributed by atoms with Crippen LogP contribution in [-0.4, -0.2) is 47.1 Å². The molecule has 1 amide bonds. The molecule has 4 rings (SSSR count). The van der Waals surface area contributed by atoms with Crippen LogP contribution in [0, 0.1) is 5.92 Å². The second-order valence-electron chi connectivity index (χ2n) is 7.63. The summed E-state index contributed by atoms with van der Waals surface area (Å²) in [6.45, 7) is 2.05. The van der Waals surface area contributed by atoms with Gasteiger partial charge in [-0.25, -0.2) is 4.79 Å². The zero-order chi connectivity index (χ0) is 22.5. The molecule has 166 valence electrons. The minimum atomic E-state index is -0.406. The molecule has 0 bridgehead atoms. The van der Waals surface area contributed by atoms with Gasteiger partial charge in [-0.3, -0.25) is 9.69 Å². The van der Waals surface area contributed by atoms with Crippen molar-refractivity contribution >= 4 is 29.2 Å². The molecule has 0 radical (unpaired) electrons. The number of methoxy groups -OCH3 is 1. The normalized spacial score (nSPS) is 14.8. The number of esters is 1. The van der Waals surface area contributed by atoms with Crippen molar-refractivity contribution in [2.75, 3.05) is 25.5 Å². The first kappa shape index (κ1) is 22.0. The van der Waals surface area contributed by atoms with E-state index >= 15 is 0 Å². The van der Waals surface area contributed by atoms with Crippen LogP contribution in [0.5, 0.6) is 0 Å². The van der Waals surface area contributed by atoms with Crippen LogP contribution >= 0.6 is 11.6 Å². The highest BCUT2D eigenvalue weighted by Gasteiger charge is 2.26. The van der Waals surface area contributed by atoms with E-state index in [0.717, 1.165) is 31.5 Å². The Morgan fingerprint density at radius 1 is 1.19 bits per heavy atom. The Hall–Kier alpha value is -3.23. The lowest BCUT2D eigenvalue weighted by Crippen LogP contribution is -2.37. The van der Waals surface area contributed by atoms with E-state index < -0.39 is 5.97 Å². The minimum Gasteiger partial charge on any atom is -0.465 e.